The molecule has 4 aromatic rings. The zero-order valence-corrected chi connectivity index (χ0v) is 20.5. The topological polar surface area (TPSA) is 139 Å². The Hall–Kier alpha value is -3.83. The number of aryl methyl sites for hydroxylation is 1. The highest BCUT2D eigenvalue weighted by molar-refractivity contribution is 7.17. The number of anilines is 1. The summed E-state index contributed by atoms with van der Waals surface area (Å²) in [6.07, 6.45) is 5.11. The van der Waals surface area contributed by atoms with Gasteiger partial charge in [-0.15, -0.1) is 11.3 Å². The van der Waals surface area contributed by atoms with Crippen LogP contribution in [0.2, 0.25) is 0 Å². The highest BCUT2D eigenvalue weighted by atomic mass is 32.1. The molecule has 11 heteroatoms. The summed E-state index contributed by atoms with van der Waals surface area (Å²) in [4.78, 5) is 45.0. The lowest BCUT2D eigenvalue weighted by Crippen LogP contribution is -2.33. The van der Waals surface area contributed by atoms with Gasteiger partial charge in [-0.2, -0.15) is 0 Å². The van der Waals surface area contributed by atoms with Crippen molar-refractivity contribution in [2.45, 2.75) is 39.2 Å². The Labute approximate surface area is 209 Å². The first-order chi connectivity index (χ1) is 17.4. The van der Waals surface area contributed by atoms with E-state index in [0.29, 0.717) is 16.2 Å². The number of carbonyl (C=O) groups is 2. The van der Waals surface area contributed by atoms with E-state index >= 15 is 0 Å². The van der Waals surface area contributed by atoms with Gasteiger partial charge in [-0.1, -0.05) is 6.07 Å². The van der Waals surface area contributed by atoms with Gasteiger partial charge in [0, 0.05) is 17.6 Å². The van der Waals surface area contributed by atoms with Gasteiger partial charge in [-0.25, -0.2) is 9.78 Å². The van der Waals surface area contributed by atoms with Gasteiger partial charge in [-0.05, 0) is 56.4 Å². The third-order valence-corrected chi connectivity index (χ3v) is 7.47. The molecule has 0 aromatic carbocycles. The van der Waals surface area contributed by atoms with Gasteiger partial charge in [0.1, 0.15) is 21.8 Å². The summed E-state index contributed by atoms with van der Waals surface area (Å²) < 4.78 is 7.98. The lowest BCUT2D eigenvalue weighted by Gasteiger charge is -2.14. The molecular weight excluding hydrogens is 482 g/mol. The molecule has 0 radical (unpaired) electrons. The molecule has 1 aliphatic rings. The van der Waals surface area contributed by atoms with Crippen LogP contribution in [-0.2, 0) is 24.1 Å². The predicted octanol–water partition coefficient (Wildman–Crippen LogP) is 2.49. The van der Waals surface area contributed by atoms with Crippen LogP contribution in [0.4, 0.5) is 5.00 Å². The summed E-state index contributed by atoms with van der Waals surface area (Å²) >= 11 is 1.35. The van der Waals surface area contributed by atoms with Crippen molar-refractivity contribution in [3.05, 3.63) is 67.9 Å². The van der Waals surface area contributed by atoms with E-state index in [1.54, 1.807) is 31.3 Å². The van der Waals surface area contributed by atoms with Crippen LogP contribution in [0.25, 0.3) is 16.7 Å². The van der Waals surface area contributed by atoms with Gasteiger partial charge >= 0.3 is 5.97 Å². The van der Waals surface area contributed by atoms with Crippen molar-refractivity contribution in [1.82, 2.24) is 14.0 Å². The van der Waals surface area contributed by atoms with Crippen LogP contribution >= 0.6 is 11.3 Å². The first kappa shape index (κ1) is 23.9. The van der Waals surface area contributed by atoms with Gasteiger partial charge < -0.3 is 19.7 Å². The highest BCUT2D eigenvalue weighted by Gasteiger charge is 2.28. The molecule has 0 unspecified atom stereocenters. The van der Waals surface area contributed by atoms with Crippen molar-refractivity contribution in [2.24, 2.45) is 0 Å². The molecule has 1 aliphatic carbocycles. The molecule has 186 valence electrons. The summed E-state index contributed by atoms with van der Waals surface area (Å²) in [5.74, 6) is -1.11. The fourth-order valence-electron chi connectivity index (χ4n) is 4.62. The van der Waals surface area contributed by atoms with E-state index in [1.165, 1.54) is 26.4 Å². The minimum Gasteiger partial charge on any atom is -0.462 e. The average Bonchev–Trinajstić information content (AvgIpc) is 3.24. The van der Waals surface area contributed by atoms with Crippen molar-refractivity contribution < 1.29 is 19.4 Å². The van der Waals surface area contributed by atoms with E-state index in [2.05, 4.69) is 10.3 Å². The molecule has 0 bridgehead atoms. The van der Waals surface area contributed by atoms with Gasteiger partial charge in [-0.3, -0.25) is 19.4 Å². The number of amides is 1. The number of ether oxygens (including phenoxy) is 1. The second kappa shape index (κ2) is 9.67. The van der Waals surface area contributed by atoms with Crippen molar-refractivity contribution in [3.8, 4) is 0 Å². The Morgan fingerprint density at radius 3 is 2.86 bits per heavy atom. The summed E-state index contributed by atoms with van der Waals surface area (Å²) in [7, 11) is 0. The molecule has 0 spiro atoms. The van der Waals surface area contributed by atoms with E-state index in [1.807, 2.05) is 0 Å². The smallest absolute Gasteiger partial charge is 0.341 e. The van der Waals surface area contributed by atoms with Crippen LogP contribution in [0.3, 0.4) is 0 Å². The standard InChI is InChI=1S/C25H25N5O5S/c1-2-35-25(34)19-14-7-3-4-8-17(14)36-23(19)28-22(32)15-13-16-21(30(11-12-31)20(15)26)27-18-9-5-6-10-29(18)24(16)33/h5-6,9-10,13,26,31H,2-4,7-8,11-12H2,1H3,(H,28,32). The molecule has 4 heterocycles. The van der Waals surface area contributed by atoms with Crippen LogP contribution in [0.1, 0.15) is 50.9 Å². The zero-order valence-electron chi connectivity index (χ0n) is 19.7. The van der Waals surface area contributed by atoms with Crippen molar-refractivity contribution in [2.75, 3.05) is 18.5 Å². The molecule has 0 saturated carbocycles. The van der Waals surface area contributed by atoms with Gasteiger partial charge in [0.25, 0.3) is 11.5 Å². The minimum absolute atomic E-state index is 0.0206. The number of rotatable bonds is 6. The summed E-state index contributed by atoms with van der Waals surface area (Å²) in [5, 5.41) is 21.7. The fraction of sp³-hybridized carbons (Fsp3) is 0.320. The first-order valence-electron chi connectivity index (χ1n) is 11.8. The fourth-order valence-corrected chi connectivity index (χ4v) is 5.89. The maximum atomic E-state index is 13.5. The number of hydrogen-bond acceptors (Lipinski definition) is 8. The van der Waals surface area contributed by atoms with Gasteiger partial charge in [0.2, 0.25) is 0 Å². The van der Waals surface area contributed by atoms with E-state index in [4.69, 9.17) is 10.1 Å². The largest absolute Gasteiger partial charge is 0.462 e. The number of nitrogens with zero attached hydrogens (tertiary/aromatic N) is 3. The Morgan fingerprint density at radius 2 is 2.08 bits per heavy atom. The van der Waals surface area contributed by atoms with Crippen molar-refractivity contribution in [1.29, 1.82) is 5.41 Å². The number of pyridine rings is 2. The lowest BCUT2D eigenvalue weighted by molar-refractivity contribution is 0.0526. The molecule has 4 aromatic heterocycles. The van der Waals surface area contributed by atoms with E-state index in [0.717, 1.165) is 36.1 Å². The third kappa shape index (κ3) is 3.99. The van der Waals surface area contributed by atoms with Gasteiger partial charge in [0.15, 0.2) is 0 Å². The van der Waals surface area contributed by atoms with Crippen LogP contribution in [0.5, 0.6) is 0 Å². The van der Waals surface area contributed by atoms with Crippen LogP contribution < -0.4 is 16.4 Å². The SMILES string of the molecule is CCOC(=O)c1c(NC(=O)c2cc3c(=O)n4ccccc4nc3n(CCO)c2=N)sc2c1CCCC2. The van der Waals surface area contributed by atoms with Crippen LogP contribution in [0.15, 0.2) is 35.3 Å². The maximum absolute atomic E-state index is 13.5. The second-order valence-electron chi connectivity index (χ2n) is 8.45. The number of hydrogen-bond donors (Lipinski definition) is 3. The molecule has 0 atom stereocenters. The van der Waals surface area contributed by atoms with E-state index in [-0.39, 0.29) is 41.8 Å². The number of aromatic nitrogens is 3. The molecule has 0 saturated heterocycles. The number of carbonyl (C=O) groups excluding carboxylic acids is 2. The average molecular weight is 508 g/mol. The number of fused-ring (bicyclic) bond motifs is 3. The maximum Gasteiger partial charge on any atom is 0.341 e. The number of esters is 1. The molecule has 5 rings (SSSR count). The normalized spacial score (nSPS) is 13.1. The molecule has 0 fully saturated rings. The second-order valence-corrected chi connectivity index (χ2v) is 9.56. The Balaban J connectivity index is 1.65. The lowest BCUT2D eigenvalue weighted by atomic mass is 9.95. The Morgan fingerprint density at radius 1 is 1.28 bits per heavy atom. The van der Waals surface area contributed by atoms with E-state index < -0.39 is 17.4 Å². The van der Waals surface area contributed by atoms with Gasteiger partial charge in [0.05, 0.1) is 29.7 Å². The van der Waals surface area contributed by atoms with Crippen molar-refractivity contribution >= 4 is 44.9 Å². The molecular formula is C25H25N5O5S. The number of nitrogens with one attached hydrogen (secondary N) is 2. The van der Waals surface area contributed by atoms with E-state index in [9.17, 15) is 19.5 Å². The molecule has 36 heavy (non-hydrogen) atoms. The highest BCUT2D eigenvalue weighted by Crippen LogP contribution is 2.38. The molecule has 1 amide bonds. The summed E-state index contributed by atoms with van der Waals surface area (Å²) in [6.45, 7) is 1.61. The van der Waals surface area contributed by atoms with Crippen LogP contribution in [0, 0.1) is 5.41 Å². The summed E-state index contributed by atoms with van der Waals surface area (Å²) in [6, 6.07) is 6.47. The van der Waals surface area contributed by atoms with Crippen LogP contribution in [-0.4, -0.2) is 44.1 Å². The molecule has 3 N–H and O–H groups in total. The quantitative estimate of drug-likeness (QED) is 0.271. The monoisotopic (exact) mass is 507 g/mol. The van der Waals surface area contributed by atoms with Crippen molar-refractivity contribution in [3.63, 3.8) is 0 Å². The number of thiophene rings is 1. The molecule has 10 nitrogen and oxygen atoms in total. The number of aliphatic hydroxyl groups excluding tert-OH is 1. The summed E-state index contributed by atoms with van der Waals surface area (Å²) in [5.41, 5.74) is 1.23. The predicted molar refractivity (Wildman–Crippen MR) is 135 cm³/mol. The number of aliphatic hydroxyl groups is 1. The minimum atomic E-state index is -0.629. The molecule has 0 aliphatic heterocycles. The Kier molecular flexibility index (Phi) is 6.42. The first-order valence-corrected chi connectivity index (χ1v) is 12.6. The third-order valence-electron chi connectivity index (χ3n) is 6.26. The Bertz CT molecular complexity index is 1630. The zero-order chi connectivity index (χ0) is 25.4.